The quantitative estimate of drug-likeness (QED) is 0.0764. The summed E-state index contributed by atoms with van der Waals surface area (Å²) in [4.78, 5) is 2.27. The zero-order chi connectivity index (χ0) is 24.2. The molecule has 0 aliphatic heterocycles. The molecule has 0 saturated carbocycles. The number of halogens is 4. The first-order valence-electron chi connectivity index (χ1n) is 12.9. The first-order valence-corrected chi connectivity index (χ1v) is 14.6. The zero-order valence-electron chi connectivity index (χ0n) is 22.5. The smallest absolute Gasteiger partial charge is 0.331 e. The van der Waals surface area contributed by atoms with Crippen molar-refractivity contribution in [2.75, 3.05) is 57.8 Å². The molecule has 7 nitrogen and oxygen atoms in total. The molecule has 1 aromatic rings. The van der Waals surface area contributed by atoms with E-state index in [-0.39, 0.29) is 49.6 Å². The van der Waals surface area contributed by atoms with E-state index >= 15 is 0 Å². The van der Waals surface area contributed by atoms with Crippen molar-refractivity contribution in [2.45, 2.75) is 71.1 Å². The van der Waals surface area contributed by atoms with Crippen molar-refractivity contribution >= 4 is 62.9 Å². The predicted molar refractivity (Wildman–Crippen MR) is 170 cm³/mol. The van der Waals surface area contributed by atoms with Crippen LogP contribution in [0, 0.1) is 0 Å². The minimum absolute atomic E-state index is 0. The first kappa shape index (κ1) is 44.2. The molecule has 6 N–H and O–H groups in total. The molecule has 1 atom stereocenters. The Morgan fingerprint density at radius 2 is 1.24 bits per heavy atom. The van der Waals surface area contributed by atoms with Crippen LogP contribution in [0.5, 0.6) is 0 Å². The van der Waals surface area contributed by atoms with Gasteiger partial charge in [-0.25, -0.2) is 0 Å². The topological polar surface area (TPSA) is 117 Å². The summed E-state index contributed by atoms with van der Waals surface area (Å²) in [5.41, 5.74) is 19.0. The fourth-order valence-corrected chi connectivity index (χ4v) is 5.28. The summed E-state index contributed by atoms with van der Waals surface area (Å²) in [6.45, 7) is 6.77. The molecular formula is C25H53Cl4N4O3P. The first-order chi connectivity index (χ1) is 16.0. The van der Waals surface area contributed by atoms with Gasteiger partial charge in [-0.15, -0.1) is 49.6 Å². The van der Waals surface area contributed by atoms with E-state index in [0.29, 0.717) is 45.4 Å². The second kappa shape index (κ2) is 29.2. The Kier molecular flexibility index (Phi) is 34.9. The second-order valence-corrected chi connectivity index (χ2v) is 10.9. The average Bonchev–Trinajstić information content (AvgIpc) is 2.82. The second-order valence-electron chi connectivity index (χ2n) is 8.74. The van der Waals surface area contributed by atoms with Crippen LogP contribution in [0.4, 0.5) is 5.69 Å². The molecule has 1 rings (SSSR count). The van der Waals surface area contributed by atoms with Crippen molar-refractivity contribution in [3.05, 3.63) is 29.8 Å². The molecule has 0 saturated heterocycles. The summed E-state index contributed by atoms with van der Waals surface area (Å²) in [7, 11) is -3.18. The van der Waals surface area contributed by atoms with Gasteiger partial charge in [0.2, 0.25) is 0 Å². The number of rotatable bonds is 22. The van der Waals surface area contributed by atoms with Crippen LogP contribution in [0.3, 0.4) is 0 Å². The Balaban J connectivity index is -0.00000136. The van der Waals surface area contributed by atoms with E-state index in [9.17, 15) is 4.57 Å². The highest BCUT2D eigenvalue weighted by atomic mass is 35.5. The Labute approximate surface area is 250 Å². The number of unbranched alkanes of at least 4 members (excludes halogenated alkanes) is 6. The summed E-state index contributed by atoms with van der Waals surface area (Å²) in [6.07, 6.45) is 11.2. The van der Waals surface area contributed by atoms with Gasteiger partial charge in [0.1, 0.15) is 0 Å². The lowest BCUT2D eigenvalue weighted by Crippen LogP contribution is -2.31. The maximum Gasteiger partial charge on any atom is 0.331 e. The van der Waals surface area contributed by atoms with E-state index in [2.05, 4.69) is 11.8 Å². The van der Waals surface area contributed by atoms with E-state index in [1.165, 1.54) is 32.1 Å². The van der Waals surface area contributed by atoms with E-state index in [0.717, 1.165) is 50.0 Å². The molecule has 0 fully saturated rings. The van der Waals surface area contributed by atoms with E-state index in [1.54, 1.807) is 0 Å². The molecule has 0 heterocycles. The summed E-state index contributed by atoms with van der Waals surface area (Å²) >= 11 is 0. The van der Waals surface area contributed by atoms with Gasteiger partial charge in [-0.05, 0) is 69.6 Å². The van der Waals surface area contributed by atoms with Crippen LogP contribution in [-0.4, -0.2) is 57.0 Å². The molecule has 0 aliphatic carbocycles. The third kappa shape index (κ3) is 23.8. The fraction of sp³-hybridized carbons (Fsp3) is 0.760. The summed E-state index contributed by atoms with van der Waals surface area (Å²) < 4.78 is 25.4. The van der Waals surface area contributed by atoms with Crippen LogP contribution in [0.1, 0.15) is 70.3 Å². The van der Waals surface area contributed by atoms with Crippen LogP contribution < -0.4 is 17.2 Å². The van der Waals surface area contributed by atoms with Gasteiger partial charge >= 0.3 is 7.60 Å². The van der Waals surface area contributed by atoms with Crippen molar-refractivity contribution in [3.8, 4) is 0 Å². The van der Waals surface area contributed by atoms with E-state index in [4.69, 9.17) is 26.2 Å². The normalized spacial score (nSPS) is 12.0. The molecule has 0 spiro atoms. The molecule has 224 valence electrons. The maximum absolute atomic E-state index is 13.5. The largest absolute Gasteiger partial charge is 0.399 e. The lowest BCUT2D eigenvalue weighted by atomic mass is 10.1. The number of hydrogen-bond acceptors (Lipinski definition) is 7. The van der Waals surface area contributed by atoms with Gasteiger partial charge in [-0.3, -0.25) is 4.57 Å². The van der Waals surface area contributed by atoms with Crippen LogP contribution >= 0.6 is 57.2 Å². The van der Waals surface area contributed by atoms with Gasteiger partial charge in [0, 0.05) is 12.2 Å². The molecule has 0 aromatic heterocycles. The lowest BCUT2D eigenvalue weighted by Gasteiger charge is -2.25. The van der Waals surface area contributed by atoms with E-state index in [1.807, 2.05) is 24.3 Å². The standard InChI is InChI=1S/C25H49N4O3P.4ClH/c1-2-3-4-5-6-7-8-21-31-33(30,23-20-29(18-9-16-26)19-10-17-27)32-22-15-24-11-13-25(28)14-12-24;;;;/h11-14H,2-10,15-23,26-28H2,1H3;4*1H. The monoisotopic (exact) mass is 628 g/mol. The van der Waals surface area contributed by atoms with Crippen molar-refractivity contribution in [2.24, 2.45) is 11.5 Å². The van der Waals surface area contributed by atoms with Gasteiger partial charge in [-0.1, -0.05) is 57.6 Å². The van der Waals surface area contributed by atoms with Crippen LogP contribution in [0.2, 0.25) is 0 Å². The Morgan fingerprint density at radius 1 is 0.730 bits per heavy atom. The highest BCUT2D eigenvalue weighted by Crippen LogP contribution is 2.48. The summed E-state index contributed by atoms with van der Waals surface area (Å²) in [6, 6.07) is 7.70. The zero-order valence-corrected chi connectivity index (χ0v) is 26.7. The van der Waals surface area contributed by atoms with Crippen molar-refractivity contribution in [3.63, 3.8) is 0 Å². The van der Waals surface area contributed by atoms with E-state index < -0.39 is 7.60 Å². The SMILES string of the molecule is CCCCCCCCCOP(=O)(CCN(CCCN)CCCN)OCCc1ccc(N)cc1.Cl.Cl.Cl.Cl. The molecule has 0 amide bonds. The lowest BCUT2D eigenvalue weighted by molar-refractivity contribution is 0.196. The number of benzene rings is 1. The molecule has 37 heavy (non-hydrogen) atoms. The van der Waals surface area contributed by atoms with Gasteiger partial charge in [0.25, 0.3) is 0 Å². The van der Waals surface area contributed by atoms with Crippen LogP contribution in [0.25, 0.3) is 0 Å². The molecule has 0 aliphatic rings. The molecule has 12 heteroatoms. The van der Waals surface area contributed by atoms with Gasteiger partial charge < -0.3 is 31.1 Å². The van der Waals surface area contributed by atoms with Crippen LogP contribution in [0.15, 0.2) is 24.3 Å². The number of nitrogen functional groups attached to an aromatic ring is 1. The van der Waals surface area contributed by atoms with Gasteiger partial charge in [0.15, 0.2) is 0 Å². The highest BCUT2D eigenvalue weighted by molar-refractivity contribution is 7.53. The van der Waals surface area contributed by atoms with Crippen LogP contribution in [-0.2, 0) is 20.0 Å². The molecule has 1 unspecified atom stereocenters. The van der Waals surface area contributed by atoms with Crippen molar-refractivity contribution in [1.82, 2.24) is 4.90 Å². The van der Waals surface area contributed by atoms with Crippen molar-refractivity contribution in [1.29, 1.82) is 0 Å². The number of nitrogens with zero attached hydrogens (tertiary/aromatic N) is 1. The molecular weight excluding hydrogens is 577 g/mol. The predicted octanol–water partition coefficient (Wildman–Crippen LogP) is 6.48. The highest BCUT2D eigenvalue weighted by Gasteiger charge is 2.25. The Morgan fingerprint density at radius 3 is 1.78 bits per heavy atom. The average molecular weight is 631 g/mol. The number of hydrogen-bond donors (Lipinski definition) is 3. The third-order valence-electron chi connectivity index (χ3n) is 5.74. The Bertz CT molecular complexity index is 641. The molecule has 0 radical (unpaired) electrons. The molecule has 0 bridgehead atoms. The number of nitrogens with two attached hydrogens (primary N) is 3. The minimum Gasteiger partial charge on any atom is -0.399 e. The van der Waals surface area contributed by atoms with Gasteiger partial charge in [0.05, 0.1) is 19.4 Å². The number of anilines is 1. The third-order valence-corrected chi connectivity index (χ3v) is 7.64. The summed E-state index contributed by atoms with van der Waals surface area (Å²) in [5.74, 6) is 0. The van der Waals surface area contributed by atoms with Crippen molar-refractivity contribution < 1.29 is 13.6 Å². The maximum atomic E-state index is 13.5. The minimum atomic E-state index is -3.18. The summed E-state index contributed by atoms with van der Waals surface area (Å²) in [5, 5.41) is 0. The van der Waals surface area contributed by atoms with Gasteiger partial charge in [-0.2, -0.15) is 0 Å². The Hall–Kier alpha value is 0.210. The molecule has 1 aromatic carbocycles. The fourth-order valence-electron chi connectivity index (χ4n) is 3.65.